The number of nitrogens with zero attached hydrogens (tertiary/aromatic N) is 1. The van der Waals surface area contributed by atoms with E-state index in [-0.39, 0.29) is 17.1 Å². The van der Waals surface area contributed by atoms with E-state index in [1.807, 2.05) is 6.92 Å². The molecule has 0 aliphatic rings. The Balaban J connectivity index is 2.62. The van der Waals surface area contributed by atoms with Crippen molar-refractivity contribution in [3.8, 4) is 0 Å². The van der Waals surface area contributed by atoms with Gasteiger partial charge in [0.15, 0.2) is 0 Å². The van der Waals surface area contributed by atoms with Gasteiger partial charge in [-0.05, 0) is 19.1 Å². The topological polar surface area (TPSA) is 81.5 Å². The first-order valence-corrected chi connectivity index (χ1v) is 6.24. The molecule has 0 atom stereocenters. The van der Waals surface area contributed by atoms with E-state index < -0.39 is 16.5 Å². The van der Waals surface area contributed by atoms with E-state index in [9.17, 15) is 14.9 Å². The number of benzene rings is 1. The zero-order valence-electron chi connectivity index (χ0n) is 11.0. The highest BCUT2D eigenvalue weighted by atomic mass is 35.5. The highest BCUT2D eigenvalue weighted by molar-refractivity contribution is 6.33. The minimum absolute atomic E-state index is 0.0672. The van der Waals surface area contributed by atoms with Gasteiger partial charge in [-0.25, -0.2) is 0 Å². The van der Waals surface area contributed by atoms with Crippen LogP contribution < -0.4 is 5.32 Å². The Morgan fingerprint density at radius 3 is 2.85 bits per heavy atom. The van der Waals surface area contributed by atoms with Crippen molar-refractivity contribution in [1.82, 2.24) is 5.32 Å². The van der Waals surface area contributed by atoms with Gasteiger partial charge >= 0.3 is 5.69 Å². The normalized spacial score (nSPS) is 10.1. The quantitative estimate of drug-likeness (QED) is 0.363. The summed E-state index contributed by atoms with van der Waals surface area (Å²) in [6.45, 7) is 6.46. The molecule has 108 valence electrons. The minimum Gasteiger partial charge on any atom is -0.375 e. The second-order valence-electron chi connectivity index (χ2n) is 4.16. The van der Waals surface area contributed by atoms with Crippen molar-refractivity contribution in [2.45, 2.75) is 6.92 Å². The molecule has 1 rings (SSSR count). The van der Waals surface area contributed by atoms with Crippen molar-refractivity contribution in [3.63, 3.8) is 0 Å². The minimum atomic E-state index is -0.672. The van der Waals surface area contributed by atoms with Crippen LogP contribution in [0.2, 0.25) is 5.02 Å². The van der Waals surface area contributed by atoms with E-state index in [1.54, 1.807) is 0 Å². The van der Waals surface area contributed by atoms with Crippen LogP contribution in [0.25, 0.3) is 0 Å². The van der Waals surface area contributed by atoms with Crippen molar-refractivity contribution in [2.75, 3.05) is 19.8 Å². The summed E-state index contributed by atoms with van der Waals surface area (Å²) in [5.74, 6) is -0.557. The van der Waals surface area contributed by atoms with Crippen molar-refractivity contribution in [2.24, 2.45) is 0 Å². The summed E-state index contributed by atoms with van der Waals surface area (Å²) in [6, 6.07) is 4.21. The molecule has 0 saturated carbocycles. The number of para-hydroxylation sites is 1. The van der Waals surface area contributed by atoms with Gasteiger partial charge in [0, 0.05) is 6.54 Å². The van der Waals surface area contributed by atoms with Crippen molar-refractivity contribution in [3.05, 3.63) is 51.1 Å². The molecule has 0 unspecified atom stereocenters. The van der Waals surface area contributed by atoms with Crippen molar-refractivity contribution in [1.29, 1.82) is 0 Å². The predicted octanol–water partition coefficient (Wildman–Crippen LogP) is 2.57. The Kier molecular flexibility index (Phi) is 6.14. The Morgan fingerprint density at radius 2 is 2.25 bits per heavy atom. The predicted molar refractivity (Wildman–Crippen MR) is 76.1 cm³/mol. The van der Waals surface area contributed by atoms with Crippen LogP contribution in [-0.2, 0) is 4.74 Å². The molecular formula is C13H15ClN2O4. The van der Waals surface area contributed by atoms with Gasteiger partial charge in [0.25, 0.3) is 5.91 Å². The average Bonchev–Trinajstić information content (AvgIpc) is 2.36. The molecule has 0 spiro atoms. The molecular weight excluding hydrogens is 284 g/mol. The lowest BCUT2D eigenvalue weighted by Crippen LogP contribution is -2.28. The number of halogens is 1. The molecule has 0 bridgehead atoms. The van der Waals surface area contributed by atoms with Gasteiger partial charge in [-0.2, -0.15) is 0 Å². The number of ether oxygens (including phenoxy) is 1. The number of nitrogens with one attached hydrogen (secondary N) is 1. The average molecular weight is 299 g/mol. The number of nitro benzene ring substituents is 1. The van der Waals surface area contributed by atoms with Crippen molar-refractivity contribution < 1.29 is 14.5 Å². The number of hydrogen-bond donors (Lipinski definition) is 1. The molecule has 0 fully saturated rings. The first kappa shape index (κ1) is 16.1. The van der Waals surface area contributed by atoms with Gasteiger partial charge in [-0.15, -0.1) is 0 Å². The molecule has 6 nitrogen and oxygen atoms in total. The van der Waals surface area contributed by atoms with Gasteiger partial charge in [0.2, 0.25) is 0 Å². The number of hydrogen-bond acceptors (Lipinski definition) is 4. The van der Waals surface area contributed by atoms with Gasteiger partial charge < -0.3 is 10.1 Å². The number of carbonyl (C=O) groups is 1. The summed E-state index contributed by atoms with van der Waals surface area (Å²) in [7, 11) is 0. The summed E-state index contributed by atoms with van der Waals surface area (Å²) in [4.78, 5) is 22.1. The maximum atomic E-state index is 11.9. The van der Waals surface area contributed by atoms with Gasteiger partial charge in [0.05, 0.1) is 18.1 Å². The summed E-state index contributed by atoms with van der Waals surface area (Å²) >= 11 is 5.73. The van der Waals surface area contributed by atoms with Crippen LogP contribution in [-0.4, -0.2) is 30.6 Å². The third-order valence-electron chi connectivity index (χ3n) is 2.29. The maximum absolute atomic E-state index is 11.9. The lowest BCUT2D eigenvalue weighted by molar-refractivity contribution is -0.385. The molecule has 0 aliphatic heterocycles. The molecule has 0 heterocycles. The fourth-order valence-corrected chi connectivity index (χ4v) is 1.71. The molecule has 0 saturated heterocycles. The van der Waals surface area contributed by atoms with Crippen LogP contribution >= 0.6 is 11.6 Å². The van der Waals surface area contributed by atoms with Gasteiger partial charge in [-0.3, -0.25) is 14.9 Å². The Morgan fingerprint density at radius 1 is 1.55 bits per heavy atom. The van der Waals surface area contributed by atoms with Crippen LogP contribution in [0.1, 0.15) is 17.3 Å². The smallest absolute Gasteiger partial charge is 0.300 e. The lowest BCUT2D eigenvalue weighted by Gasteiger charge is -2.07. The summed E-state index contributed by atoms with van der Waals surface area (Å²) in [5, 5.41) is 13.4. The third-order valence-corrected chi connectivity index (χ3v) is 2.60. The first-order valence-electron chi connectivity index (χ1n) is 5.86. The Hall–Kier alpha value is -1.92. The Labute approximate surface area is 121 Å². The van der Waals surface area contributed by atoms with E-state index in [2.05, 4.69) is 11.9 Å². The van der Waals surface area contributed by atoms with E-state index in [1.165, 1.54) is 18.2 Å². The summed E-state index contributed by atoms with van der Waals surface area (Å²) in [6.07, 6.45) is 0. The number of nitro groups is 1. The maximum Gasteiger partial charge on any atom is 0.300 e. The van der Waals surface area contributed by atoms with Crippen LogP contribution in [0.3, 0.4) is 0 Å². The van der Waals surface area contributed by atoms with Crippen LogP contribution in [0, 0.1) is 10.1 Å². The third kappa shape index (κ3) is 4.64. The van der Waals surface area contributed by atoms with E-state index in [0.717, 1.165) is 5.57 Å². The second-order valence-corrected chi connectivity index (χ2v) is 4.57. The summed E-state index contributed by atoms with van der Waals surface area (Å²) in [5.41, 5.74) is 0.415. The second kappa shape index (κ2) is 7.62. The molecule has 7 heteroatoms. The van der Waals surface area contributed by atoms with Crippen LogP contribution in [0.4, 0.5) is 5.69 Å². The fraction of sp³-hybridized carbons (Fsp3) is 0.308. The molecule has 20 heavy (non-hydrogen) atoms. The first-order chi connectivity index (χ1) is 9.43. The highest BCUT2D eigenvalue weighted by Gasteiger charge is 2.23. The highest BCUT2D eigenvalue weighted by Crippen LogP contribution is 2.27. The molecule has 1 N–H and O–H groups in total. The van der Waals surface area contributed by atoms with E-state index in [4.69, 9.17) is 16.3 Å². The zero-order valence-corrected chi connectivity index (χ0v) is 11.8. The molecule has 0 aromatic heterocycles. The summed E-state index contributed by atoms with van der Waals surface area (Å²) < 4.78 is 5.21. The number of rotatable bonds is 7. The SMILES string of the molecule is C=C(C)COCCNC(=O)c1cccc(Cl)c1[N+](=O)[O-]. The van der Waals surface area contributed by atoms with Crippen LogP contribution in [0.5, 0.6) is 0 Å². The van der Waals surface area contributed by atoms with E-state index in [0.29, 0.717) is 13.2 Å². The number of amides is 1. The standard InChI is InChI=1S/C13H15ClN2O4/c1-9(2)8-20-7-6-15-13(17)10-4-3-5-11(14)12(10)16(18)19/h3-5H,1,6-8H2,2H3,(H,15,17). The Bertz CT molecular complexity index is 531. The lowest BCUT2D eigenvalue weighted by atomic mass is 10.1. The fourth-order valence-electron chi connectivity index (χ4n) is 1.46. The molecule has 1 aromatic rings. The number of carbonyl (C=O) groups excluding carboxylic acids is 1. The molecule has 0 aliphatic carbocycles. The van der Waals surface area contributed by atoms with Gasteiger partial charge in [-0.1, -0.05) is 29.8 Å². The van der Waals surface area contributed by atoms with Gasteiger partial charge in [0.1, 0.15) is 10.6 Å². The molecule has 1 aromatic carbocycles. The monoisotopic (exact) mass is 298 g/mol. The largest absolute Gasteiger partial charge is 0.375 e. The van der Waals surface area contributed by atoms with Crippen molar-refractivity contribution >= 4 is 23.2 Å². The van der Waals surface area contributed by atoms with Crippen LogP contribution in [0.15, 0.2) is 30.4 Å². The molecule has 1 amide bonds. The van der Waals surface area contributed by atoms with E-state index >= 15 is 0 Å². The zero-order chi connectivity index (χ0) is 15.1. The molecule has 0 radical (unpaired) electrons.